The minimum atomic E-state index is -4.65. The summed E-state index contributed by atoms with van der Waals surface area (Å²) < 4.78 is 61.2. The molecule has 0 radical (unpaired) electrons. The van der Waals surface area contributed by atoms with Gasteiger partial charge in [-0.05, 0) is 79.1 Å². The van der Waals surface area contributed by atoms with Gasteiger partial charge in [-0.25, -0.2) is 9.18 Å². The molecule has 5 rings (SSSR count). The molecule has 3 N–H and O–H groups in total. The molecule has 214 valence electrons. The van der Waals surface area contributed by atoms with E-state index in [9.17, 15) is 32.6 Å². The molecule has 0 saturated carbocycles. The molecule has 0 spiro atoms. The highest BCUT2D eigenvalue weighted by molar-refractivity contribution is 5.97. The van der Waals surface area contributed by atoms with Crippen LogP contribution in [0.15, 0.2) is 83.0 Å². The van der Waals surface area contributed by atoms with Crippen LogP contribution in [0.25, 0.3) is 27.7 Å². The summed E-state index contributed by atoms with van der Waals surface area (Å²) in [5, 5.41) is 39.1. The van der Waals surface area contributed by atoms with Crippen LogP contribution in [0.1, 0.15) is 16.7 Å². The summed E-state index contributed by atoms with van der Waals surface area (Å²) in [6.45, 7) is 3.60. The van der Waals surface area contributed by atoms with Crippen molar-refractivity contribution in [3.63, 3.8) is 0 Å². The Kier molecular flexibility index (Phi) is 7.07. The molecular formula is C30H21F4N3O5. The zero-order chi connectivity index (χ0) is 30.3. The molecule has 0 fully saturated rings. The number of nitrogens with zero attached hydrogens (tertiary/aromatic N) is 3. The Morgan fingerprint density at radius 2 is 1.62 bits per heavy atom. The van der Waals surface area contributed by atoms with E-state index in [0.717, 1.165) is 41.5 Å². The predicted octanol–water partition coefficient (Wildman–Crippen LogP) is 8.96. The summed E-state index contributed by atoms with van der Waals surface area (Å²) in [4.78, 5) is 10.9. The first kappa shape index (κ1) is 28.1. The summed E-state index contributed by atoms with van der Waals surface area (Å²) >= 11 is 0. The highest BCUT2D eigenvalue weighted by Gasteiger charge is 2.32. The molecule has 1 aromatic heterocycles. The first-order valence-corrected chi connectivity index (χ1v) is 12.3. The van der Waals surface area contributed by atoms with E-state index in [4.69, 9.17) is 5.11 Å². The maximum absolute atomic E-state index is 14.6. The average Bonchev–Trinajstić information content (AvgIpc) is 3.18. The quantitative estimate of drug-likeness (QED) is 0.0832. The molecule has 0 atom stereocenters. The first-order valence-electron chi connectivity index (χ1n) is 12.3. The molecule has 0 amide bonds. The number of aromatic hydroxyl groups is 2. The lowest BCUT2D eigenvalue weighted by molar-refractivity contribution is -0.137. The third-order valence-electron chi connectivity index (χ3n) is 6.37. The van der Waals surface area contributed by atoms with E-state index in [1.165, 1.54) is 28.8 Å². The van der Waals surface area contributed by atoms with Gasteiger partial charge in [0, 0.05) is 22.7 Å². The highest BCUT2D eigenvalue weighted by Crippen LogP contribution is 2.45. The molecule has 1 heterocycles. The van der Waals surface area contributed by atoms with E-state index < -0.39 is 35.3 Å². The highest BCUT2D eigenvalue weighted by atomic mass is 19.4. The molecular weight excluding hydrogens is 558 g/mol. The smallest absolute Gasteiger partial charge is 0.505 e. The van der Waals surface area contributed by atoms with Gasteiger partial charge >= 0.3 is 12.3 Å². The van der Waals surface area contributed by atoms with Gasteiger partial charge in [0.1, 0.15) is 17.3 Å². The van der Waals surface area contributed by atoms with Crippen LogP contribution in [-0.2, 0) is 6.18 Å². The fourth-order valence-electron chi connectivity index (χ4n) is 4.69. The maximum atomic E-state index is 14.6. The van der Waals surface area contributed by atoms with Crippen LogP contribution in [0.2, 0.25) is 0 Å². The first-order chi connectivity index (χ1) is 19.8. The van der Waals surface area contributed by atoms with E-state index in [1.54, 1.807) is 26.0 Å². The third kappa shape index (κ3) is 5.46. The fraction of sp³-hybridized carbons (Fsp3) is 0.100. The summed E-state index contributed by atoms with van der Waals surface area (Å²) in [6, 6.07) is 15.5. The number of phenolic OH excluding ortho intramolecular Hbond substituents is 1. The number of rotatable bonds is 5. The van der Waals surface area contributed by atoms with Crippen LogP contribution in [0, 0.1) is 19.7 Å². The molecule has 0 unspecified atom stereocenters. The number of alkyl halides is 3. The zero-order valence-electron chi connectivity index (χ0n) is 21.9. The van der Waals surface area contributed by atoms with E-state index in [0.29, 0.717) is 5.69 Å². The maximum Gasteiger partial charge on any atom is 0.511 e. The van der Waals surface area contributed by atoms with Gasteiger partial charge in [-0.15, -0.1) is 10.2 Å². The van der Waals surface area contributed by atoms with Crippen molar-refractivity contribution >= 4 is 28.4 Å². The van der Waals surface area contributed by atoms with E-state index in [-0.39, 0.29) is 39.2 Å². The van der Waals surface area contributed by atoms with Gasteiger partial charge in [0.25, 0.3) is 0 Å². The predicted molar refractivity (Wildman–Crippen MR) is 146 cm³/mol. The molecule has 0 aliphatic carbocycles. The number of aromatic nitrogens is 1. The monoisotopic (exact) mass is 579 g/mol. The molecule has 0 aliphatic heterocycles. The van der Waals surface area contributed by atoms with Crippen LogP contribution in [0.5, 0.6) is 17.4 Å². The van der Waals surface area contributed by atoms with Crippen molar-refractivity contribution in [1.29, 1.82) is 0 Å². The van der Waals surface area contributed by atoms with Gasteiger partial charge < -0.3 is 20.1 Å². The van der Waals surface area contributed by atoms with Gasteiger partial charge in [0.15, 0.2) is 11.4 Å². The molecule has 4 aromatic carbocycles. The lowest BCUT2D eigenvalue weighted by Gasteiger charge is -2.11. The second-order valence-electron chi connectivity index (χ2n) is 9.50. The van der Waals surface area contributed by atoms with Crippen LogP contribution in [-0.4, -0.2) is 26.0 Å². The number of azo groups is 1. The van der Waals surface area contributed by atoms with Gasteiger partial charge in [0.05, 0.1) is 11.1 Å². The number of phenols is 1. The molecule has 42 heavy (non-hydrogen) atoms. The SMILES string of the molecule is Cc1cc(C)cc(-n2c(O)c(N=Nc3cc(F)cc(-c4cccc(OC(=O)O)c4)c3O)c3ccc(C(F)(F)F)cc32)c1. The van der Waals surface area contributed by atoms with Crippen molar-refractivity contribution < 1.29 is 42.4 Å². The van der Waals surface area contributed by atoms with Crippen LogP contribution in [0.4, 0.5) is 33.7 Å². The Balaban J connectivity index is 1.66. The average molecular weight is 580 g/mol. The molecule has 0 aliphatic rings. The number of hydrogen-bond acceptors (Lipinski definition) is 6. The minimum absolute atomic E-state index is 0.000624. The number of ether oxygens (including phenoxy) is 1. The molecule has 0 bridgehead atoms. The van der Waals surface area contributed by atoms with Crippen molar-refractivity contribution in [1.82, 2.24) is 4.57 Å². The van der Waals surface area contributed by atoms with E-state index in [2.05, 4.69) is 15.0 Å². The number of fused-ring (bicyclic) bond motifs is 1. The standard InChI is InChI=1S/C30H21F4N3O5/c1-15-8-16(2)10-20(9-15)37-25-12-18(30(32,33)34)6-7-22(25)26(28(37)39)36-35-24-14-19(31)13-23(27(24)38)17-4-3-5-21(11-17)42-29(40)41/h3-14,38-39H,1-2H3,(H,40,41). The Morgan fingerprint density at radius 1 is 0.905 bits per heavy atom. The van der Waals surface area contributed by atoms with Gasteiger partial charge in [0.2, 0.25) is 5.88 Å². The van der Waals surface area contributed by atoms with Gasteiger partial charge in [-0.1, -0.05) is 18.2 Å². The summed E-state index contributed by atoms with van der Waals surface area (Å²) in [5.41, 5.74) is 0.632. The number of carboxylic acid groups (broad SMARTS) is 1. The topological polar surface area (TPSA) is 117 Å². The minimum Gasteiger partial charge on any atom is -0.505 e. The summed E-state index contributed by atoms with van der Waals surface area (Å²) in [5.74, 6) is -1.94. The largest absolute Gasteiger partial charge is 0.511 e. The Bertz CT molecular complexity index is 1880. The second kappa shape index (κ2) is 10.5. The van der Waals surface area contributed by atoms with Crippen LogP contribution in [0.3, 0.4) is 0 Å². The van der Waals surface area contributed by atoms with Crippen molar-refractivity contribution in [2.45, 2.75) is 20.0 Å². The summed E-state index contributed by atoms with van der Waals surface area (Å²) in [7, 11) is 0. The Hall–Kier alpha value is -5.39. The van der Waals surface area contributed by atoms with E-state index >= 15 is 0 Å². The molecule has 0 saturated heterocycles. The number of halogens is 4. The zero-order valence-corrected chi connectivity index (χ0v) is 21.9. The molecule has 8 nitrogen and oxygen atoms in total. The normalized spacial score (nSPS) is 11.9. The number of benzene rings is 4. The number of hydrogen-bond donors (Lipinski definition) is 3. The Morgan fingerprint density at radius 3 is 2.29 bits per heavy atom. The molecule has 5 aromatic rings. The second-order valence-corrected chi connectivity index (χ2v) is 9.50. The van der Waals surface area contributed by atoms with Crippen molar-refractivity contribution in [2.24, 2.45) is 10.2 Å². The third-order valence-corrected chi connectivity index (χ3v) is 6.37. The Labute approximate surface area is 235 Å². The van der Waals surface area contributed by atoms with E-state index in [1.807, 2.05) is 6.07 Å². The van der Waals surface area contributed by atoms with Crippen LogP contribution < -0.4 is 4.74 Å². The number of carbonyl (C=O) groups is 1. The fourth-order valence-corrected chi connectivity index (χ4v) is 4.69. The van der Waals surface area contributed by atoms with Gasteiger partial charge in [-0.2, -0.15) is 13.2 Å². The van der Waals surface area contributed by atoms with Crippen LogP contribution >= 0.6 is 0 Å². The lowest BCUT2D eigenvalue weighted by atomic mass is 10.0. The number of aryl methyl sites for hydroxylation is 2. The summed E-state index contributed by atoms with van der Waals surface area (Å²) in [6.07, 6.45) is -6.22. The van der Waals surface area contributed by atoms with Gasteiger partial charge in [-0.3, -0.25) is 4.57 Å². The van der Waals surface area contributed by atoms with Crippen molar-refractivity contribution in [3.8, 4) is 34.2 Å². The van der Waals surface area contributed by atoms with Crippen molar-refractivity contribution in [2.75, 3.05) is 0 Å². The van der Waals surface area contributed by atoms with Crippen molar-refractivity contribution in [3.05, 3.63) is 95.3 Å². The molecule has 12 heteroatoms. The lowest BCUT2D eigenvalue weighted by Crippen LogP contribution is -2.05.